The summed E-state index contributed by atoms with van der Waals surface area (Å²) in [6, 6.07) is 16.2. The lowest BCUT2D eigenvalue weighted by Crippen LogP contribution is -2.19. The first-order valence-corrected chi connectivity index (χ1v) is 8.93. The molecule has 0 aliphatic carbocycles. The first-order chi connectivity index (χ1) is 12.2. The van der Waals surface area contributed by atoms with Crippen molar-refractivity contribution >= 4 is 11.6 Å². The van der Waals surface area contributed by atoms with E-state index in [1.54, 1.807) is 0 Å². The molecule has 0 radical (unpaired) electrons. The summed E-state index contributed by atoms with van der Waals surface area (Å²) in [6.45, 7) is 4.92. The van der Waals surface area contributed by atoms with Gasteiger partial charge in [0.15, 0.2) is 0 Å². The molecule has 1 saturated heterocycles. The van der Waals surface area contributed by atoms with E-state index in [4.69, 9.17) is 16.1 Å². The molecule has 3 aromatic rings. The van der Waals surface area contributed by atoms with Crippen molar-refractivity contribution < 1.29 is 4.52 Å². The van der Waals surface area contributed by atoms with Crippen LogP contribution in [0.3, 0.4) is 0 Å². The van der Waals surface area contributed by atoms with E-state index in [-0.39, 0.29) is 0 Å². The molecule has 5 heteroatoms. The predicted octanol–water partition coefficient (Wildman–Crippen LogP) is 4.69. The summed E-state index contributed by atoms with van der Waals surface area (Å²) in [7, 11) is 0. The van der Waals surface area contributed by atoms with Crippen LogP contribution in [0.1, 0.15) is 29.4 Å². The average Bonchev–Trinajstić information content (AvgIpc) is 3.24. The molecule has 128 valence electrons. The number of likely N-dealkylation sites (tertiary alicyclic amines) is 1. The van der Waals surface area contributed by atoms with Gasteiger partial charge in [0.1, 0.15) is 0 Å². The molecule has 2 heterocycles. The van der Waals surface area contributed by atoms with Gasteiger partial charge in [-0.2, -0.15) is 4.98 Å². The SMILES string of the molecule is Cc1ccccc1-c1noc([C@@H]2CCN(Cc3cccc(Cl)c3)C2)n1. The maximum Gasteiger partial charge on any atom is 0.231 e. The Morgan fingerprint density at radius 1 is 1.20 bits per heavy atom. The first kappa shape index (κ1) is 16.3. The maximum atomic E-state index is 6.08. The standard InChI is InChI=1S/C20H20ClN3O/c1-14-5-2-3-8-18(14)19-22-20(25-23-19)16-9-10-24(13-16)12-15-6-4-7-17(21)11-15/h2-8,11,16H,9-10,12-13H2,1H3/t16-/m1/s1. The topological polar surface area (TPSA) is 42.2 Å². The summed E-state index contributed by atoms with van der Waals surface area (Å²) in [5.41, 5.74) is 3.43. The Kier molecular flexibility index (Phi) is 4.55. The molecule has 2 aromatic carbocycles. The molecule has 1 aliphatic heterocycles. The van der Waals surface area contributed by atoms with Gasteiger partial charge in [0.2, 0.25) is 11.7 Å². The van der Waals surface area contributed by atoms with E-state index in [0.29, 0.717) is 11.7 Å². The lowest BCUT2D eigenvalue weighted by molar-refractivity contribution is 0.309. The third kappa shape index (κ3) is 3.60. The van der Waals surface area contributed by atoms with E-state index in [0.717, 1.165) is 48.1 Å². The van der Waals surface area contributed by atoms with Gasteiger partial charge in [0.25, 0.3) is 0 Å². The summed E-state index contributed by atoms with van der Waals surface area (Å²) in [5, 5.41) is 4.98. The fraction of sp³-hybridized carbons (Fsp3) is 0.300. The highest BCUT2D eigenvalue weighted by Gasteiger charge is 2.28. The molecule has 0 bridgehead atoms. The van der Waals surface area contributed by atoms with Crippen LogP contribution < -0.4 is 0 Å². The molecule has 4 nitrogen and oxygen atoms in total. The van der Waals surface area contributed by atoms with Gasteiger partial charge < -0.3 is 4.52 Å². The third-order valence-corrected chi connectivity index (χ3v) is 4.98. The maximum absolute atomic E-state index is 6.08. The monoisotopic (exact) mass is 353 g/mol. The van der Waals surface area contributed by atoms with Gasteiger partial charge in [-0.1, -0.05) is 53.2 Å². The third-order valence-electron chi connectivity index (χ3n) is 4.74. The van der Waals surface area contributed by atoms with E-state index in [9.17, 15) is 0 Å². The van der Waals surface area contributed by atoms with Crippen LogP contribution in [-0.4, -0.2) is 28.1 Å². The molecule has 1 atom stereocenters. The van der Waals surface area contributed by atoms with Gasteiger partial charge in [-0.3, -0.25) is 4.90 Å². The van der Waals surface area contributed by atoms with Gasteiger partial charge in [0, 0.05) is 23.7 Å². The van der Waals surface area contributed by atoms with Crippen molar-refractivity contribution in [2.24, 2.45) is 0 Å². The van der Waals surface area contributed by atoms with Crippen LogP contribution in [0.2, 0.25) is 5.02 Å². The number of aromatic nitrogens is 2. The van der Waals surface area contributed by atoms with Gasteiger partial charge in [-0.25, -0.2) is 0 Å². The Morgan fingerprint density at radius 3 is 2.92 bits per heavy atom. The highest BCUT2D eigenvalue weighted by Crippen LogP contribution is 2.29. The Labute approximate surface area is 152 Å². The van der Waals surface area contributed by atoms with Crippen LogP contribution in [0, 0.1) is 6.92 Å². The zero-order valence-corrected chi connectivity index (χ0v) is 14.9. The Morgan fingerprint density at radius 2 is 2.08 bits per heavy atom. The zero-order chi connectivity index (χ0) is 17.2. The fourth-order valence-corrected chi connectivity index (χ4v) is 3.62. The van der Waals surface area contributed by atoms with Crippen LogP contribution in [0.15, 0.2) is 53.1 Å². The lowest BCUT2D eigenvalue weighted by atomic mass is 10.1. The quantitative estimate of drug-likeness (QED) is 0.682. The van der Waals surface area contributed by atoms with Gasteiger partial charge >= 0.3 is 0 Å². The summed E-state index contributed by atoms with van der Waals surface area (Å²) in [4.78, 5) is 7.06. The number of benzene rings is 2. The van der Waals surface area contributed by atoms with Crippen molar-refractivity contribution in [3.8, 4) is 11.4 Å². The molecule has 0 saturated carbocycles. The van der Waals surface area contributed by atoms with Crippen molar-refractivity contribution in [3.63, 3.8) is 0 Å². The summed E-state index contributed by atoms with van der Waals surface area (Å²) < 4.78 is 5.57. The second-order valence-electron chi connectivity index (χ2n) is 6.62. The number of hydrogen-bond acceptors (Lipinski definition) is 4. The van der Waals surface area contributed by atoms with Crippen molar-refractivity contribution in [1.82, 2.24) is 15.0 Å². The molecule has 1 aliphatic rings. The lowest BCUT2D eigenvalue weighted by Gasteiger charge is -2.15. The molecule has 1 fully saturated rings. The minimum atomic E-state index is 0.296. The smallest absolute Gasteiger partial charge is 0.231 e. The fourth-order valence-electron chi connectivity index (χ4n) is 3.41. The first-order valence-electron chi connectivity index (χ1n) is 8.55. The second kappa shape index (κ2) is 6.98. The Hall–Kier alpha value is -2.17. The van der Waals surface area contributed by atoms with Crippen molar-refractivity contribution in [2.45, 2.75) is 25.8 Å². The Bertz CT molecular complexity index is 877. The molecule has 0 unspecified atom stereocenters. The summed E-state index contributed by atoms with van der Waals surface area (Å²) in [6.07, 6.45) is 1.04. The van der Waals surface area contributed by atoms with Crippen LogP contribution in [0.25, 0.3) is 11.4 Å². The Balaban J connectivity index is 1.45. The van der Waals surface area contributed by atoms with E-state index >= 15 is 0 Å². The molecule has 0 amide bonds. The number of halogens is 1. The number of nitrogens with zero attached hydrogens (tertiary/aromatic N) is 3. The largest absolute Gasteiger partial charge is 0.339 e. The molecule has 0 N–H and O–H groups in total. The second-order valence-corrected chi connectivity index (χ2v) is 7.06. The normalized spacial score (nSPS) is 17.9. The molecule has 4 rings (SSSR count). The highest BCUT2D eigenvalue weighted by atomic mass is 35.5. The summed E-state index contributed by atoms with van der Waals surface area (Å²) in [5.74, 6) is 1.72. The average molecular weight is 354 g/mol. The zero-order valence-electron chi connectivity index (χ0n) is 14.2. The van der Waals surface area contributed by atoms with Crippen molar-refractivity contribution in [2.75, 3.05) is 13.1 Å². The minimum absolute atomic E-state index is 0.296. The van der Waals surface area contributed by atoms with E-state index in [1.807, 2.05) is 36.4 Å². The van der Waals surface area contributed by atoms with Crippen molar-refractivity contribution in [3.05, 3.63) is 70.6 Å². The number of hydrogen-bond donors (Lipinski definition) is 0. The summed E-state index contributed by atoms with van der Waals surface area (Å²) >= 11 is 6.08. The molecular weight excluding hydrogens is 334 g/mol. The van der Waals surface area contributed by atoms with Crippen LogP contribution in [0.5, 0.6) is 0 Å². The molecular formula is C20H20ClN3O. The molecule has 0 spiro atoms. The van der Waals surface area contributed by atoms with Crippen molar-refractivity contribution in [1.29, 1.82) is 0 Å². The molecule has 1 aromatic heterocycles. The van der Waals surface area contributed by atoms with E-state index < -0.39 is 0 Å². The van der Waals surface area contributed by atoms with E-state index in [2.05, 4.69) is 34.1 Å². The van der Waals surface area contributed by atoms with Crippen LogP contribution >= 0.6 is 11.6 Å². The van der Waals surface area contributed by atoms with Crippen LogP contribution in [-0.2, 0) is 6.54 Å². The molecule has 25 heavy (non-hydrogen) atoms. The van der Waals surface area contributed by atoms with Gasteiger partial charge in [-0.05, 0) is 43.1 Å². The van der Waals surface area contributed by atoms with Gasteiger partial charge in [-0.15, -0.1) is 0 Å². The minimum Gasteiger partial charge on any atom is -0.339 e. The van der Waals surface area contributed by atoms with Gasteiger partial charge in [0.05, 0.1) is 5.92 Å². The predicted molar refractivity (Wildman–Crippen MR) is 98.6 cm³/mol. The van der Waals surface area contributed by atoms with Crippen LogP contribution in [0.4, 0.5) is 0 Å². The number of aryl methyl sites for hydroxylation is 1. The number of rotatable bonds is 4. The van der Waals surface area contributed by atoms with E-state index in [1.165, 1.54) is 5.56 Å². The highest BCUT2D eigenvalue weighted by molar-refractivity contribution is 6.30.